The Balaban J connectivity index is 1.32. The third-order valence-electron chi connectivity index (χ3n) is 6.59. The summed E-state index contributed by atoms with van der Waals surface area (Å²) in [5, 5.41) is 3.06. The minimum atomic E-state index is 0.0102. The van der Waals surface area contributed by atoms with E-state index in [1.54, 1.807) is 12.3 Å². The number of hydrogen-bond acceptors (Lipinski definition) is 4. The molecular weight excluding hydrogens is 340 g/mol. The molecule has 4 fully saturated rings. The highest BCUT2D eigenvalue weighted by Crippen LogP contribution is 2.43. The van der Waals surface area contributed by atoms with E-state index >= 15 is 0 Å². The Morgan fingerprint density at radius 2 is 2.04 bits per heavy atom. The number of likely N-dealkylation sites (tertiary alicyclic amines) is 1. The highest BCUT2D eigenvalue weighted by molar-refractivity contribution is 5.95. The SMILES string of the molecule is O=C(NC1CC1)c1ccnc(N2CCC[C@]3(CCC(=O)N(C4CC4)C3)C2)c1. The molecule has 6 nitrogen and oxygen atoms in total. The molecule has 1 spiro atoms. The third kappa shape index (κ3) is 3.54. The molecule has 2 aliphatic heterocycles. The van der Waals surface area contributed by atoms with Crippen LogP contribution in [0.3, 0.4) is 0 Å². The number of amides is 2. The molecule has 1 N–H and O–H groups in total. The van der Waals surface area contributed by atoms with Crippen molar-refractivity contribution in [2.24, 2.45) is 5.41 Å². The molecule has 3 heterocycles. The van der Waals surface area contributed by atoms with Crippen molar-refractivity contribution in [3.63, 3.8) is 0 Å². The Hall–Kier alpha value is -2.11. The number of nitrogens with zero attached hydrogens (tertiary/aromatic N) is 3. The van der Waals surface area contributed by atoms with Crippen LogP contribution in [0.2, 0.25) is 0 Å². The van der Waals surface area contributed by atoms with Crippen LogP contribution in [-0.4, -0.2) is 53.4 Å². The summed E-state index contributed by atoms with van der Waals surface area (Å²) in [6, 6.07) is 4.59. The molecule has 2 amide bonds. The first-order valence-corrected chi connectivity index (χ1v) is 10.4. The van der Waals surface area contributed by atoms with Gasteiger partial charge in [-0.2, -0.15) is 0 Å². The van der Waals surface area contributed by atoms with Crippen LogP contribution in [0, 0.1) is 5.41 Å². The molecule has 4 aliphatic rings. The highest BCUT2D eigenvalue weighted by atomic mass is 16.2. The number of rotatable bonds is 4. The molecule has 2 aliphatic carbocycles. The van der Waals surface area contributed by atoms with Crippen LogP contribution >= 0.6 is 0 Å². The van der Waals surface area contributed by atoms with Crippen molar-refractivity contribution in [2.75, 3.05) is 24.5 Å². The number of carbonyl (C=O) groups is 2. The van der Waals surface area contributed by atoms with Crippen molar-refractivity contribution < 1.29 is 9.59 Å². The number of piperidine rings is 2. The predicted octanol–water partition coefficient (Wildman–Crippen LogP) is 2.35. The number of nitrogens with one attached hydrogen (secondary N) is 1. The molecule has 0 radical (unpaired) electrons. The summed E-state index contributed by atoms with van der Waals surface area (Å²) in [7, 11) is 0. The minimum absolute atomic E-state index is 0.0102. The van der Waals surface area contributed by atoms with Gasteiger partial charge in [-0.3, -0.25) is 9.59 Å². The van der Waals surface area contributed by atoms with Crippen molar-refractivity contribution in [2.45, 2.75) is 63.5 Å². The largest absolute Gasteiger partial charge is 0.356 e. The van der Waals surface area contributed by atoms with Crippen molar-refractivity contribution in [3.05, 3.63) is 23.9 Å². The van der Waals surface area contributed by atoms with Crippen LogP contribution in [0.1, 0.15) is 61.7 Å². The fourth-order valence-electron chi connectivity index (χ4n) is 4.73. The van der Waals surface area contributed by atoms with E-state index in [1.165, 1.54) is 19.3 Å². The van der Waals surface area contributed by atoms with Crippen molar-refractivity contribution in [1.82, 2.24) is 15.2 Å². The number of pyridine rings is 1. The van der Waals surface area contributed by atoms with Crippen LogP contribution in [0.25, 0.3) is 0 Å². The molecule has 1 aromatic rings. The first-order valence-electron chi connectivity index (χ1n) is 10.4. The van der Waals surface area contributed by atoms with Crippen LogP contribution < -0.4 is 10.2 Å². The molecule has 1 aromatic heterocycles. The van der Waals surface area contributed by atoms with Crippen LogP contribution in [-0.2, 0) is 4.79 Å². The number of anilines is 1. The van der Waals surface area contributed by atoms with E-state index in [1.807, 2.05) is 6.07 Å². The van der Waals surface area contributed by atoms with E-state index in [2.05, 4.69) is 20.1 Å². The van der Waals surface area contributed by atoms with Crippen LogP contribution in [0.5, 0.6) is 0 Å². The summed E-state index contributed by atoms with van der Waals surface area (Å²) in [4.78, 5) is 33.8. The van der Waals surface area contributed by atoms with E-state index in [-0.39, 0.29) is 11.3 Å². The maximum absolute atomic E-state index is 12.4. The smallest absolute Gasteiger partial charge is 0.251 e. The second-order valence-electron chi connectivity index (χ2n) is 8.93. The highest BCUT2D eigenvalue weighted by Gasteiger charge is 2.45. The van der Waals surface area contributed by atoms with Crippen molar-refractivity contribution in [3.8, 4) is 0 Å². The molecule has 6 heteroatoms. The summed E-state index contributed by atoms with van der Waals surface area (Å²) in [5.74, 6) is 1.25. The van der Waals surface area contributed by atoms with Gasteiger partial charge in [-0.05, 0) is 57.1 Å². The average Bonchev–Trinajstić information content (AvgIpc) is 3.59. The lowest BCUT2D eigenvalue weighted by atomic mass is 9.73. The van der Waals surface area contributed by atoms with Gasteiger partial charge in [-0.25, -0.2) is 4.98 Å². The van der Waals surface area contributed by atoms with Gasteiger partial charge in [0.05, 0.1) is 0 Å². The normalized spacial score (nSPS) is 28.5. The van der Waals surface area contributed by atoms with E-state index in [0.29, 0.717) is 30.0 Å². The first-order chi connectivity index (χ1) is 13.1. The quantitative estimate of drug-likeness (QED) is 0.886. The lowest BCUT2D eigenvalue weighted by molar-refractivity contribution is -0.138. The fraction of sp³-hybridized carbons (Fsp3) is 0.667. The maximum atomic E-state index is 12.4. The topological polar surface area (TPSA) is 65.5 Å². The molecule has 0 aromatic carbocycles. The lowest BCUT2D eigenvalue weighted by Gasteiger charge is -2.48. The molecule has 2 saturated heterocycles. The summed E-state index contributed by atoms with van der Waals surface area (Å²) in [5.41, 5.74) is 0.882. The zero-order valence-electron chi connectivity index (χ0n) is 15.8. The fourth-order valence-corrected chi connectivity index (χ4v) is 4.73. The van der Waals surface area contributed by atoms with Crippen LogP contribution in [0.4, 0.5) is 5.82 Å². The van der Waals surface area contributed by atoms with Gasteiger partial charge in [0.15, 0.2) is 0 Å². The molecule has 1 atom stereocenters. The van der Waals surface area contributed by atoms with E-state index in [0.717, 1.165) is 51.1 Å². The number of aromatic nitrogens is 1. The second-order valence-corrected chi connectivity index (χ2v) is 8.93. The lowest BCUT2D eigenvalue weighted by Crippen LogP contribution is -2.54. The Bertz CT molecular complexity index is 758. The first kappa shape index (κ1) is 17.0. The standard InChI is InChI=1S/C21H28N4O2/c26-19-6-9-21(14-25(19)17-4-5-17)8-1-11-24(13-21)18-12-15(7-10-22-18)20(27)23-16-2-3-16/h7,10,12,16-17H,1-6,8-9,11,13-14H2,(H,23,27)/t21-/m0/s1. The van der Waals surface area contributed by atoms with Crippen molar-refractivity contribution >= 4 is 17.6 Å². The Morgan fingerprint density at radius 3 is 2.81 bits per heavy atom. The van der Waals surface area contributed by atoms with E-state index in [9.17, 15) is 9.59 Å². The van der Waals surface area contributed by atoms with E-state index in [4.69, 9.17) is 0 Å². The van der Waals surface area contributed by atoms with Gasteiger partial charge < -0.3 is 15.1 Å². The maximum Gasteiger partial charge on any atom is 0.251 e. The Labute approximate surface area is 160 Å². The van der Waals surface area contributed by atoms with Gasteiger partial charge in [0.2, 0.25) is 5.91 Å². The average molecular weight is 368 g/mol. The number of carbonyl (C=O) groups excluding carboxylic acids is 2. The zero-order valence-corrected chi connectivity index (χ0v) is 15.8. The third-order valence-corrected chi connectivity index (χ3v) is 6.59. The Kier molecular flexibility index (Phi) is 4.10. The summed E-state index contributed by atoms with van der Waals surface area (Å²) in [6.45, 7) is 2.80. The van der Waals surface area contributed by atoms with Gasteiger partial charge in [-0.1, -0.05) is 0 Å². The van der Waals surface area contributed by atoms with Gasteiger partial charge in [0, 0.05) is 55.3 Å². The Morgan fingerprint density at radius 1 is 1.19 bits per heavy atom. The molecular formula is C21H28N4O2. The van der Waals surface area contributed by atoms with Gasteiger partial charge in [-0.15, -0.1) is 0 Å². The van der Waals surface area contributed by atoms with Gasteiger partial charge in [0.1, 0.15) is 5.82 Å². The molecule has 144 valence electrons. The van der Waals surface area contributed by atoms with E-state index < -0.39 is 0 Å². The summed E-state index contributed by atoms with van der Waals surface area (Å²) in [6.07, 6.45) is 10.2. The van der Waals surface area contributed by atoms with Gasteiger partial charge >= 0.3 is 0 Å². The number of hydrogen-bond donors (Lipinski definition) is 1. The second kappa shape index (κ2) is 6.50. The summed E-state index contributed by atoms with van der Waals surface area (Å²) < 4.78 is 0. The molecule has 27 heavy (non-hydrogen) atoms. The molecule has 2 saturated carbocycles. The van der Waals surface area contributed by atoms with Crippen LogP contribution in [0.15, 0.2) is 18.3 Å². The predicted molar refractivity (Wildman–Crippen MR) is 103 cm³/mol. The van der Waals surface area contributed by atoms with Crippen molar-refractivity contribution in [1.29, 1.82) is 0 Å². The zero-order chi connectivity index (χ0) is 18.4. The minimum Gasteiger partial charge on any atom is -0.356 e. The summed E-state index contributed by atoms with van der Waals surface area (Å²) >= 11 is 0. The van der Waals surface area contributed by atoms with Gasteiger partial charge in [0.25, 0.3) is 5.91 Å². The monoisotopic (exact) mass is 368 g/mol. The molecule has 0 bridgehead atoms. The molecule has 0 unspecified atom stereocenters. The molecule has 5 rings (SSSR count).